The van der Waals surface area contributed by atoms with Crippen LogP contribution in [0.1, 0.15) is 76.0 Å². The Kier molecular flexibility index (Phi) is 8.12. The molecule has 0 unspecified atom stereocenters. The number of carbonyl (C=O) groups is 3. The summed E-state index contributed by atoms with van der Waals surface area (Å²) in [6.45, 7) is 12.3. The molecule has 6 nitrogen and oxygen atoms in total. The second-order valence-corrected chi connectivity index (χ2v) is 15.2. The standard InChI is InChI=1S/C34H38Br2N2O4/c1-18-9-8-10-23(19(18)2)37-28(41)17-42-32-21(35)11-20(12-22(32)36)29-30-24(13-33(3,4)15-26(30)39)38(7)25-14-34(5,6)16-27(40)31(25)29/h8-12,29H,13-17H2,1-7H3,(H,37,41). The highest BCUT2D eigenvalue weighted by Gasteiger charge is 2.48. The number of ether oxygens (including phenoxy) is 1. The molecule has 2 aromatic rings. The smallest absolute Gasteiger partial charge is 0.262 e. The average molecular weight is 698 g/mol. The molecule has 42 heavy (non-hydrogen) atoms. The molecule has 1 heterocycles. The van der Waals surface area contributed by atoms with Gasteiger partial charge in [0.25, 0.3) is 5.91 Å². The zero-order valence-corrected chi connectivity index (χ0v) is 28.5. The maximum Gasteiger partial charge on any atom is 0.262 e. The van der Waals surface area contributed by atoms with E-state index in [2.05, 4.69) is 69.8 Å². The van der Waals surface area contributed by atoms with Crippen LogP contribution in [0.25, 0.3) is 0 Å². The van der Waals surface area contributed by atoms with E-state index in [0.29, 0.717) is 27.5 Å². The van der Waals surface area contributed by atoms with Gasteiger partial charge >= 0.3 is 0 Å². The Balaban J connectivity index is 1.50. The lowest BCUT2D eigenvalue weighted by atomic mass is 9.64. The van der Waals surface area contributed by atoms with Gasteiger partial charge < -0.3 is 15.0 Å². The normalized spacial score (nSPS) is 20.0. The Morgan fingerprint density at radius 1 is 0.929 bits per heavy atom. The summed E-state index contributed by atoms with van der Waals surface area (Å²) < 4.78 is 7.25. The van der Waals surface area contributed by atoms with Crippen LogP contribution >= 0.6 is 31.9 Å². The maximum absolute atomic E-state index is 13.8. The molecule has 5 rings (SSSR count). The number of ketones is 2. The third-order valence-electron chi connectivity index (χ3n) is 8.76. The summed E-state index contributed by atoms with van der Waals surface area (Å²) in [4.78, 5) is 42.4. The van der Waals surface area contributed by atoms with Crippen molar-refractivity contribution >= 4 is 55.0 Å². The minimum atomic E-state index is -0.451. The molecular formula is C34H38Br2N2O4. The van der Waals surface area contributed by atoms with Gasteiger partial charge in [0, 0.05) is 54.0 Å². The zero-order chi connectivity index (χ0) is 30.7. The molecule has 0 spiro atoms. The molecule has 2 aromatic carbocycles. The Morgan fingerprint density at radius 2 is 1.45 bits per heavy atom. The SMILES string of the molecule is Cc1cccc(NC(=O)COc2c(Br)cc(C3C4=C(CC(C)(C)CC4=O)N(C)C4=C3C(=O)CC(C)(C)C4)cc2Br)c1C. The summed E-state index contributed by atoms with van der Waals surface area (Å²) >= 11 is 7.32. The fourth-order valence-electron chi connectivity index (χ4n) is 6.59. The highest BCUT2D eigenvalue weighted by molar-refractivity contribution is 9.11. The molecule has 0 bridgehead atoms. The Labute approximate surface area is 265 Å². The molecule has 0 saturated carbocycles. The molecule has 0 fully saturated rings. The molecule has 0 radical (unpaired) electrons. The summed E-state index contributed by atoms with van der Waals surface area (Å²) in [5, 5.41) is 2.93. The van der Waals surface area contributed by atoms with Crippen molar-refractivity contribution in [1.82, 2.24) is 4.90 Å². The largest absolute Gasteiger partial charge is 0.481 e. The molecule has 1 aliphatic heterocycles. The van der Waals surface area contributed by atoms with Crippen LogP contribution in [0.2, 0.25) is 0 Å². The minimum Gasteiger partial charge on any atom is -0.481 e. The van der Waals surface area contributed by atoms with Crippen molar-refractivity contribution in [2.24, 2.45) is 10.8 Å². The van der Waals surface area contributed by atoms with Crippen LogP contribution in [0.3, 0.4) is 0 Å². The topological polar surface area (TPSA) is 75.7 Å². The molecule has 2 aliphatic carbocycles. The Morgan fingerprint density at radius 3 is 1.98 bits per heavy atom. The maximum atomic E-state index is 13.8. The molecule has 222 valence electrons. The number of carbonyl (C=O) groups excluding carboxylic acids is 3. The summed E-state index contributed by atoms with van der Waals surface area (Å²) in [7, 11) is 2.01. The number of anilines is 1. The molecule has 1 N–H and O–H groups in total. The van der Waals surface area contributed by atoms with Crippen LogP contribution in [0.5, 0.6) is 5.75 Å². The number of Topliss-reactive ketones (excluding diaryl/α,β-unsaturated/α-hetero) is 2. The minimum absolute atomic E-state index is 0.0953. The van der Waals surface area contributed by atoms with E-state index in [1.54, 1.807) is 0 Å². The monoisotopic (exact) mass is 696 g/mol. The van der Waals surface area contributed by atoms with Crippen molar-refractivity contribution < 1.29 is 19.1 Å². The lowest BCUT2D eigenvalue weighted by Gasteiger charge is -2.48. The summed E-state index contributed by atoms with van der Waals surface area (Å²) in [5.41, 5.74) is 6.88. The lowest BCUT2D eigenvalue weighted by molar-refractivity contribution is -0.120. The fourth-order valence-corrected chi connectivity index (χ4v) is 8.04. The van der Waals surface area contributed by atoms with Crippen molar-refractivity contribution in [3.05, 3.63) is 78.5 Å². The molecule has 3 aliphatic rings. The summed E-state index contributed by atoms with van der Waals surface area (Å²) in [6.07, 6.45) is 2.42. The predicted molar refractivity (Wildman–Crippen MR) is 172 cm³/mol. The van der Waals surface area contributed by atoms with Gasteiger partial charge in [0.1, 0.15) is 5.75 Å². The first kappa shape index (κ1) is 30.7. The van der Waals surface area contributed by atoms with Gasteiger partial charge in [0.05, 0.1) is 8.95 Å². The van der Waals surface area contributed by atoms with Gasteiger partial charge in [-0.05, 0) is 104 Å². The van der Waals surface area contributed by atoms with E-state index in [-0.39, 0.29) is 34.9 Å². The van der Waals surface area contributed by atoms with E-state index in [1.165, 1.54) is 0 Å². The van der Waals surface area contributed by atoms with Gasteiger partial charge in [-0.3, -0.25) is 14.4 Å². The van der Waals surface area contributed by atoms with Crippen LogP contribution < -0.4 is 10.1 Å². The Hall–Kier alpha value is -2.71. The number of allylic oxidation sites excluding steroid dienone is 4. The van der Waals surface area contributed by atoms with Crippen LogP contribution in [0.4, 0.5) is 5.69 Å². The molecule has 0 aromatic heterocycles. The first-order valence-electron chi connectivity index (χ1n) is 14.3. The quantitative estimate of drug-likeness (QED) is 0.341. The third-order valence-corrected chi connectivity index (χ3v) is 9.94. The van der Waals surface area contributed by atoms with E-state index in [0.717, 1.165) is 57.8 Å². The van der Waals surface area contributed by atoms with E-state index in [1.807, 2.05) is 51.2 Å². The number of benzene rings is 2. The Bertz CT molecular complexity index is 1510. The van der Waals surface area contributed by atoms with Crippen LogP contribution in [0.15, 0.2) is 61.8 Å². The van der Waals surface area contributed by atoms with E-state index in [9.17, 15) is 14.4 Å². The number of hydrogen-bond acceptors (Lipinski definition) is 5. The number of hydrogen-bond donors (Lipinski definition) is 1. The lowest BCUT2D eigenvalue weighted by Crippen LogP contribution is -2.43. The molecule has 0 saturated heterocycles. The van der Waals surface area contributed by atoms with Crippen molar-refractivity contribution in [2.45, 2.75) is 73.1 Å². The number of nitrogens with zero attached hydrogens (tertiary/aromatic N) is 1. The number of halogens is 2. The van der Waals surface area contributed by atoms with Gasteiger partial charge in [-0.15, -0.1) is 0 Å². The fraction of sp³-hybridized carbons (Fsp3) is 0.441. The van der Waals surface area contributed by atoms with Crippen LogP contribution in [-0.2, 0) is 14.4 Å². The molecule has 8 heteroatoms. The van der Waals surface area contributed by atoms with Gasteiger partial charge in [-0.2, -0.15) is 0 Å². The van der Waals surface area contributed by atoms with E-state index >= 15 is 0 Å². The van der Waals surface area contributed by atoms with Gasteiger partial charge in [-0.1, -0.05) is 39.8 Å². The number of nitrogens with one attached hydrogen (secondary N) is 1. The van der Waals surface area contributed by atoms with Crippen molar-refractivity contribution in [3.63, 3.8) is 0 Å². The van der Waals surface area contributed by atoms with E-state index in [4.69, 9.17) is 4.74 Å². The summed E-state index contributed by atoms with van der Waals surface area (Å²) in [5.74, 6) is -0.0423. The zero-order valence-electron chi connectivity index (χ0n) is 25.3. The van der Waals surface area contributed by atoms with Gasteiger partial charge in [-0.25, -0.2) is 0 Å². The van der Waals surface area contributed by atoms with Gasteiger partial charge in [0.15, 0.2) is 18.2 Å². The molecule has 1 amide bonds. The third kappa shape index (κ3) is 5.77. The number of aryl methyl sites for hydroxylation is 1. The molecular weight excluding hydrogens is 660 g/mol. The average Bonchev–Trinajstić information content (AvgIpc) is 2.86. The van der Waals surface area contributed by atoms with Crippen LogP contribution in [-0.4, -0.2) is 36.0 Å². The number of amides is 1. The first-order chi connectivity index (χ1) is 19.6. The highest BCUT2D eigenvalue weighted by atomic mass is 79.9. The highest BCUT2D eigenvalue weighted by Crippen LogP contribution is 2.54. The molecule has 0 atom stereocenters. The van der Waals surface area contributed by atoms with Crippen molar-refractivity contribution in [1.29, 1.82) is 0 Å². The second kappa shape index (κ2) is 11.1. The predicted octanol–water partition coefficient (Wildman–Crippen LogP) is 8.16. The summed E-state index contributed by atoms with van der Waals surface area (Å²) in [6, 6.07) is 9.63. The van der Waals surface area contributed by atoms with Crippen LogP contribution in [0, 0.1) is 24.7 Å². The number of rotatable bonds is 5. The van der Waals surface area contributed by atoms with E-state index < -0.39 is 5.92 Å². The second-order valence-electron chi connectivity index (χ2n) is 13.5. The van der Waals surface area contributed by atoms with Crippen molar-refractivity contribution in [2.75, 3.05) is 19.0 Å². The van der Waals surface area contributed by atoms with Gasteiger partial charge in [0.2, 0.25) is 0 Å². The first-order valence-corrected chi connectivity index (χ1v) is 15.9. The van der Waals surface area contributed by atoms with Crippen molar-refractivity contribution in [3.8, 4) is 5.75 Å².